The van der Waals surface area contributed by atoms with Crippen LogP contribution in [0, 0.1) is 0 Å². The third-order valence-electron chi connectivity index (χ3n) is 3.22. The molecule has 1 aliphatic carbocycles. The van der Waals surface area contributed by atoms with Crippen LogP contribution in [0.3, 0.4) is 0 Å². The van der Waals surface area contributed by atoms with E-state index in [0.717, 1.165) is 12.8 Å². The third-order valence-corrected chi connectivity index (χ3v) is 3.22. The van der Waals surface area contributed by atoms with Crippen molar-refractivity contribution < 1.29 is 19.4 Å². The van der Waals surface area contributed by atoms with Crippen LogP contribution in [0.4, 0.5) is 0 Å². The number of carbonyl (C=O) groups excluding carboxylic acids is 1. The Balaban J connectivity index is 1.79. The minimum Gasteiger partial charge on any atom is -0.477 e. The number of aromatic carboxylic acids is 1. The molecule has 0 unspecified atom stereocenters. The van der Waals surface area contributed by atoms with Crippen LogP contribution in [0.1, 0.15) is 30.3 Å². The Morgan fingerprint density at radius 2 is 2.26 bits per heavy atom. The molecule has 1 saturated carbocycles. The Kier molecular flexibility index (Phi) is 4.21. The van der Waals surface area contributed by atoms with E-state index in [1.54, 1.807) is 12.3 Å². The lowest BCUT2D eigenvalue weighted by atomic mass is 9.89. The first-order valence-corrected chi connectivity index (χ1v) is 6.39. The average Bonchev–Trinajstić information content (AvgIpc) is 2.74. The summed E-state index contributed by atoms with van der Waals surface area (Å²) in [6, 6.07) is 3.24. The van der Waals surface area contributed by atoms with Crippen LogP contribution in [-0.4, -0.2) is 40.3 Å². The van der Waals surface area contributed by atoms with Gasteiger partial charge in [0, 0.05) is 18.8 Å². The van der Waals surface area contributed by atoms with Crippen molar-refractivity contribution in [3.63, 3.8) is 0 Å². The summed E-state index contributed by atoms with van der Waals surface area (Å²) >= 11 is 0. The third kappa shape index (κ3) is 3.35. The van der Waals surface area contributed by atoms with Gasteiger partial charge in [-0.05, 0) is 31.9 Å². The molecule has 0 radical (unpaired) electrons. The number of carbonyl (C=O) groups is 2. The minimum atomic E-state index is -1.03. The van der Waals surface area contributed by atoms with Crippen molar-refractivity contribution >= 4 is 11.9 Å². The van der Waals surface area contributed by atoms with Gasteiger partial charge in [-0.15, -0.1) is 0 Å². The Hall–Kier alpha value is -1.82. The van der Waals surface area contributed by atoms with Gasteiger partial charge in [0.05, 0.1) is 6.10 Å². The van der Waals surface area contributed by atoms with Crippen molar-refractivity contribution in [2.75, 3.05) is 6.61 Å². The smallest absolute Gasteiger partial charge is 0.352 e. The molecule has 1 aromatic heterocycles. The number of nitrogens with one attached hydrogen (secondary N) is 1. The van der Waals surface area contributed by atoms with Crippen molar-refractivity contribution in [1.82, 2.24) is 9.88 Å². The number of rotatable bonds is 6. The molecule has 1 fully saturated rings. The second kappa shape index (κ2) is 5.88. The Morgan fingerprint density at radius 3 is 2.89 bits per heavy atom. The lowest BCUT2D eigenvalue weighted by Gasteiger charge is -2.35. The maximum Gasteiger partial charge on any atom is 0.352 e. The molecule has 6 nitrogen and oxygen atoms in total. The molecule has 1 amide bonds. The fourth-order valence-corrected chi connectivity index (χ4v) is 2.23. The zero-order chi connectivity index (χ0) is 13.8. The summed E-state index contributed by atoms with van der Waals surface area (Å²) in [5, 5.41) is 11.8. The Bertz CT molecular complexity index is 463. The normalized spacial score (nSPS) is 21.7. The van der Waals surface area contributed by atoms with Crippen LogP contribution >= 0.6 is 0 Å². The van der Waals surface area contributed by atoms with E-state index in [0.29, 0.717) is 6.61 Å². The number of carboxylic acid groups (broad SMARTS) is 1. The van der Waals surface area contributed by atoms with E-state index in [1.807, 2.05) is 6.92 Å². The summed E-state index contributed by atoms with van der Waals surface area (Å²) in [7, 11) is 0. The molecule has 0 atom stereocenters. The van der Waals surface area contributed by atoms with Crippen LogP contribution in [0.2, 0.25) is 0 Å². The molecule has 1 heterocycles. The number of carboxylic acids is 1. The van der Waals surface area contributed by atoms with Gasteiger partial charge in [0.2, 0.25) is 5.91 Å². The number of nitrogens with zero attached hydrogens (tertiary/aromatic N) is 1. The Labute approximate surface area is 111 Å². The number of hydrogen-bond acceptors (Lipinski definition) is 3. The molecular formula is C13H18N2O4. The molecule has 0 saturated heterocycles. The first-order valence-electron chi connectivity index (χ1n) is 6.39. The molecule has 0 spiro atoms. The monoisotopic (exact) mass is 266 g/mol. The predicted octanol–water partition coefficient (Wildman–Crippen LogP) is 0.870. The van der Waals surface area contributed by atoms with Gasteiger partial charge >= 0.3 is 5.97 Å². The van der Waals surface area contributed by atoms with E-state index < -0.39 is 5.97 Å². The van der Waals surface area contributed by atoms with E-state index in [9.17, 15) is 9.59 Å². The van der Waals surface area contributed by atoms with Gasteiger partial charge in [-0.2, -0.15) is 0 Å². The van der Waals surface area contributed by atoms with E-state index >= 15 is 0 Å². The van der Waals surface area contributed by atoms with Gasteiger partial charge in [0.15, 0.2) is 0 Å². The zero-order valence-electron chi connectivity index (χ0n) is 10.8. The highest BCUT2D eigenvalue weighted by atomic mass is 16.5. The predicted molar refractivity (Wildman–Crippen MR) is 68.0 cm³/mol. The van der Waals surface area contributed by atoms with Crippen LogP contribution < -0.4 is 5.32 Å². The van der Waals surface area contributed by atoms with Gasteiger partial charge < -0.3 is 19.7 Å². The standard InChI is InChI=1S/C13H18N2O4/c1-2-19-10-6-9(7-10)14-12(16)8-15-5-3-4-11(15)13(17)18/h3-5,9-10H,2,6-8H2,1H3,(H,14,16)(H,17,18). The lowest BCUT2D eigenvalue weighted by Crippen LogP contribution is -2.48. The molecule has 6 heteroatoms. The fourth-order valence-electron chi connectivity index (χ4n) is 2.23. The highest BCUT2D eigenvalue weighted by Crippen LogP contribution is 2.23. The molecule has 0 aliphatic heterocycles. The number of aromatic nitrogens is 1. The quantitative estimate of drug-likeness (QED) is 0.800. The molecule has 2 N–H and O–H groups in total. The molecule has 104 valence electrons. The van der Waals surface area contributed by atoms with Crippen molar-refractivity contribution in [3.8, 4) is 0 Å². The van der Waals surface area contributed by atoms with Gasteiger partial charge in [0.1, 0.15) is 12.2 Å². The van der Waals surface area contributed by atoms with Crippen LogP contribution in [0.5, 0.6) is 0 Å². The van der Waals surface area contributed by atoms with E-state index in [2.05, 4.69) is 5.32 Å². The summed E-state index contributed by atoms with van der Waals surface area (Å²) in [6.07, 6.45) is 3.50. The number of ether oxygens (including phenoxy) is 1. The summed E-state index contributed by atoms with van der Waals surface area (Å²) in [5.74, 6) is -1.20. The van der Waals surface area contributed by atoms with E-state index in [4.69, 9.17) is 9.84 Å². The lowest BCUT2D eigenvalue weighted by molar-refractivity contribution is -0.124. The van der Waals surface area contributed by atoms with E-state index in [-0.39, 0.29) is 30.3 Å². The maximum atomic E-state index is 11.8. The zero-order valence-corrected chi connectivity index (χ0v) is 10.8. The second-order valence-corrected chi connectivity index (χ2v) is 4.64. The Morgan fingerprint density at radius 1 is 1.53 bits per heavy atom. The highest BCUT2D eigenvalue weighted by Gasteiger charge is 2.30. The van der Waals surface area contributed by atoms with E-state index in [1.165, 1.54) is 10.6 Å². The second-order valence-electron chi connectivity index (χ2n) is 4.64. The largest absolute Gasteiger partial charge is 0.477 e. The van der Waals surface area contributed by atoms with Crippen LogP contribution in [0.15, 0.2) is 18.3 Å². The van der Waals surface area contributed by atoms with Gasteiger partial charge in [-0.3, -0.25) is 4.79 Å². The molecular weight excluding hydrogens is 248 g/mol. The molecule has 19 heavy (non-hydrogen) atoms. The van der Waals surface area contributed by atoms with Crippen molar-refractivity contribution in [3.05, 3.63) is 24.0 Å². The molecule has 1 aliphatic rings. The first kappa shape index (κ1) is 13.6. The summed E-state index contributed by atoms with van der Waals surface area (Å²) < 4.78 is 6.84. The molecule has 0 bridgehead atoms. The number of hydrogen-bond donors (Lipinski definition) is 2. The topological polar surface area (TPSA) is 80.6 Å². The molecule has 0 aromatic carbocycles. The summed E-state index contributed by atoms with van der Waals surface area (Å²) in [5.41, 5.74) is 0.121. The fraction of sp³-hybridized carbons (Fsp3) is 0.538. The van der Waals surface area contributed by atoms with Gasteiger partial charge in [-0.1, -0.05) is 0 Å². The minimum absolute atomic E-state index is 0.0322. The van der Waals surface area contributed by atoms with Crippen molar-refractivity contribution in [2.24, 2.45) is 0 Å². The average molecular weight is 266 g/mol. The molecule has 1 aromatic rings. The SMILES string of the molecule is CCOC1CC(NC(=O)Cn2cccc2C(=O)O)C1. The van der Waals surface area contributed by atoms with Crippen LogP contribution in [-0.2, 0) is 16.1 Å². The molecule has 2 rings (SSSR count). The van der Waals surface area contributed by atoms with Crippen LogP contribution in [0.25, 0.3) is 0 Å². The first-order chi connectivity index (χ1) is 9.10. The summed E-state index contributed by atoms with van der Waals surface area (Å²) in [6.45, 7) is 2.67. The maximum absolute atomic E-state index is 11.8. The summed E-state index contributed by atoms with van der Waals surface area (Å²) in [4.78, 5) is 22.7. The van der Waals surface area contributed by atoms with Gasteiger partial charge in [0.25, 0.3) is 0 Å². The van der Waals surface area contributed by atoms with Gasteiger partial charge in [-0.25, -0.2) is 4.79 Å². The number of amides is 1. The highest BCUT2D eigenvalue weighted by molar-refractivity contribution is 5.86. The van der Waals surface area contributed by atoms with Crippen molar-refractivity contribution in [2.45, 2.75) is 38.5 Å². The van der Waals surface area contributed by atoms with Crippen molar-refractivity contribution in [1.29, 1.82) is 0 Å².